The standard InChI is InChI=1S/C21H19N3OS/c1-24(12-13-25-17-7-3-2-4-8-17)21-18-9-5-6-10-19(18)22-20(23-21)16-11-14-26-15-16/h2-11,14-15H,12-13H2,1H3. The van der Waals surface area contributed by atoms with Gasteiger partial charge >= 0.3 is 0 Å². The molecule has 0 bridgehead atoms. The zero-order valence-electron chi connectivity index (χ0n) is 14.5. The van der Waals surface area contributed by atoms with Crippen molar-refractivity contribution in [2.45, 2.75) is 0 Å². The topological polar surface area (TPSA) is 38.2 Å². The van der Waals surface area contributed by atoms with Crippen LogP contribution in [0.5, 0.6) is 5.75 Å². The molecule has 0 fully saturated rings. The van der Waals surface area contributed by atoms with E-state index in [-0.39, 0.29) is 0 Å². The molecule has 130 valence electrons. The van der Waals surface area contributed by atoms with Gasteiger partial charge in [0.15, 0.2) is 5.82 Å². The molecule has 0 unspecified atom stereocenters. The van der Waals surface area contributed by atoms with E-state index in [2.05, 4.69) is 22.4 Å². The molecule has 0 spiro atoms. The molecule has 0 aliphatic rings. The van der Waals surface area contributed by atoms with Gasteiger partial charge in [0.05, 0.1) is 12.1 Å². The van der Waals surface area contributed by atoms with Crippen molar-refractivity contribution >= 4 is 28.1 Å². The fraction of sp³-hybridized carbons (Fsp3) is 0.143. The molecule has 2 aromatic carbocycles. The van der Waals surface area contributed by atoms with Gasteiger partial charge in [-0.05, 0) is 35.7 Å². The number of aromatic nitrogens is 2. The molecule has 2 heterocycles. The summed E-state index contributed by atoms with van der Waals surface area (Å²) in [6, 6.07) is 20.1. The van der Waals surface area contributed by atoms with Crippen LogP contribution in [0.3, 0.4) is 0 Å². The first-order valence-electron chi connectivity index (χ1n) is 8.49. The molecule has 4 nitrogen and oxygen atoms in total. The Kier molecular flexibility index (Phi) is 4.80. The highest BCUT2D eigenvalue weighted by molar-refractivity contribution is 7.08. The molecule has 5 heteroatoms. The second-order valence-corrected chi connectivity index (χ2v) is 6.76. The number of rotatable bonds is 6. The Balaban J connectivity index is 1.59. The first kappa shape index (κ1) is 16.5. The monoisotopic (exact) mass is 361 g/mol. The number of hydrogen-bond acceptors (Lipinski definition) is 5. The van der Waals surface area contributed by atoms with E-state index >= 15 is 0 Å². The van der Waals surface area contributed by atoms with E-state index in [9.17, 15) is 0 Å². The predicted octanol–water partition coefficient (Wildman–Crippen LogP) is 4.87. The van der Waals surface area contributed by atoms with Crippen molar-refractivity contribution in [3.8, 4) is 17.1 Å². The molecule has 2 aromatic heterocycles. The lowest BCUT2D eigenvalue weighted by atomic mass is 10.2. The van der Waals surface area contributed by atoms with Crippen molar-refractivity contribution in [2.24, 2.45) is 0 Å². The molecular weight excluding hydrogens is 342 g/mol. The third kappa shape index (κ3) is 3.53. The number of fused-ring (bicyclic) bond motifs is 1. The first-order valence-corrected chi connectivity index (χ1v) is 9.44. The number of hydrogen-bond donors (Lipinski definition) is 0. The first-order chi connectivity index (χ1) is 12.8. The lowest BCUT2D eigenvalue weighted by molar-refractivity contribution is 0.326. The van der Waals surface area contributed by atoms with E-state index in [1.165, 1.54) is 0 Å². The van der Waals surface area contributed by atoms with Crippen molar-refractivity contribution in [2.75, 3.05) is 25.1 Å². The largest absolute Gasteiger partial charge is 0.492 e. The maximum atomic E-state index is 5.83. The van der Waals surface area contributed by atoms with Crippen LogP contribution in [-0.2, 0) is 0 Å². The third-order valence-corrected chi connectivity index (χ3v) is 4.85. The number of nitrogens with zero attached hydrogens (tertiary/aromatic N) is 3. The van der Waals surface area contributed by atoms with E-state index < -0.39 is 0 Å². The van der Waals surface area contributed by atoms with E-state index in [4.69, 9.17) is 14.7 Å². The average molecular weight is 361 g/mol. The zero-order chi connectivity index (χ0) is 17.8. The van der Waals surface area contributed by atoms with Gasteiger partial charge < -0.3 is 9.64 Å². The van der Waals surface area contributed by atoms with E-state index in [0.29, 0.717) is 6.61 Å². The van der Waals surface area contributed by atoms with Gasteiger partial charge in [0.2, 0.25) is 0 Å². The van der Waals surface area contributed by atoms with Crippen LogP contribution in [-0.4, -0.2) is 30.2 Å². The Morgan fingerprint density at radius 2 is 1.77 bits per heavy atom. The summed E-state index contributed by atoms with van der Waals surface area (Å²) in [6.07, 6.45) is 0. The lowest BCUT2D eigenvalue weighted by Crippen LogP contribution is -2.25. The third-order valence-electron chi connectivity index (χ3n) is 4.16. The molecular formula is C21H19N3OS. The highest BCUT2D eigenvalue weighted by Crippen LogP contribution is 2.27. The molecule has 0 aliphatic carbocycles. The van der Waals surface area contributed by atoms with Gasteiger partial charge in [-0.1, -0.05) is 30.3 Å². The Morgan fingerprint density at radius 3 is 2.58 bits per heavy atom. The summed E-state index contributed by atoms with van der Waals surface area (Å²) < 4.78 is 5.83. The summed E-state index contributed by atoms with van der Waals surface area (Å²) in [5, 5.41) is 5.17. The second kappa shape index (κ2) is 7.54. The fourth-order valence-corrected chi connectivity index (χ4v) is 3.43. The number of benzene rings is 2. The van der Waals surface area contributed by atoms with Crippen molar-refractivity contribution in [3.05, 3.63) is 71.4 Å². The molecule has 4 aromatic rings. The van der Waals surface area contributed by atoms with Gasteiger partial charge in [0.1, 0.15) is 18.2 Å². The highest BCUT2D eigenvalue weighted by atomic mass is 32.1. The van der Waals surface area contributed by atoms with Crippen LogP contribution in [0.2, 0.25) is 0 Å². The van der Waals surface area contributed by atoms with Crippen LogP contribution in [0.4, 0.5) is 5.82 Å². The molecule has 0 saturated carbocycles. The van der Waals surface area contributed by atoms with Crippen LogP contribution in [0, 0.1) is 0 Å². The highest BCUT2D eigenvalue weighted by Gasteiger charge is 2.13. The molecule has 0 saturated heterocycles. The van der Waals surface area contributed by atoms with E-state index in [0.717, 1.165) is 40.4 Å². The number of thiophene rings is 1. The van der Waals surface area contributed by atoms with Gasteiger partial charge in [0.25, 0.3) is 0 Å². The van der Waals surface area contributed by atoms with Gasteiger partial charge in [-0.2, -0.15) is 11.3 Å². The summed E-state index contributed by atoms with van der Waals surface area (Å²) in [4.78, 5) is 11.7. The molecule has 0 atom stereocenters. The quantitative estimate of drug-likeness (QED) is 0.491. The Hall–Kier alpha value is -2.92. The maximum Gasteiger partial charge on any atom is 0.162 e. The van der Waals surface area contributed by atoms with Crippen LogP contribution >= 0.6 is 11.3 Å². The lowest BCUT2D eigenvalue weighted by Gasteiger charge is -2.20. The maximum absolute atomic E-state index is 5.83. The summed E-state index contributed by atoms with van der Waals surface area (Å²) in [6.45, 7) is 1.33. The van der Waals surface area contributed by atoms with Crippen LogP contribution in [0.15, 0.2) is 71.4 Å². The van der Waals surface area contributed by atoms with Gasteiger partial charge in [-0.15, -0.1) is 0 Å². The van der Waals surface area contributed by atoms with Crippen LogP contribution in [0.1, 0.15) is 0 Å². The minimum absolute atomic E-state index is 0.590. The summed E-state index contributed by atoms with van der Waals surface area (Å²) >= 11 is 1.65. The molecule has 0 amide bonds. The zero-order valence-corrected chi connectivity index (χ0v) is 15.3. The number of ether oxygens (including phenoxy) is 1. The predicted molar refractivity (Wildman–Crippen MR) is 108 cm³/mol. The number of para-hydroxylation sites is 2. The van der Waals surface area contributed by atoms with Crippen LogP contribution < -0.4 is 9.64 Å². The summed E-state index contributed by atoms with van der Waals surface area (Å²) in [7, 11) is 2.04. The molecule has 0 radical (unpaired) electrons. The minimum atomic E-state index is 0.590. The van der Waals surface area contributed by atoms with Gasteiger partial charge in [-0.25, -0.2) is 9.97 Å². The fourth-order valence-electron chi connectivity index (χ4n) is 2.79. The van der Waals surface area contributed by atoms with E-state index in [1.54, 1.807) is 11.3 Å². The Morgan fingerprint density at radius 1 is 0.962 bits per heavy atom. The minimum Gasteiger partial charge on any atom is -0.492 e. The normalized spacial score (nSPS) is 10.8. The smallest absolute Gasteiger partial charge is 0.162 e. The molecule has 26 heavy (non-hydrogen) atoms. The number of likely N-dealkylation sites (N-methyl/N-ethyl adjacent to an activating group) is 1. The van der Waals surface area contributed by atoms with Gasteiger partial charge in [-0.3, -0.25) is 0 Å². The molecule has 0 aliphatic heterocycles. The van der Waals surface area contributed by atoms with Crippen molar-refractivity contribution in [1.82, 2.24) is 9.97 Å². The van der Waals surface area contributed by atoms with Crippen molar-refractivity contribution < 1.29 is 4.74 Å². The second-order valence-electron chi connectivity index (χ2n) is 5.98. The average Bonchev–Trinajstić information content (AvgIpc) is 3.23. The van der Waals surface area contributed by atoms with Gasteiger partial charge in [0, 0.05) is 23.4 Å². The number of anilines is 1. The van der Waals surface area contributed by atoms with Crippen molar-refractivity contribution in [3.63, 3.8) is 0 Å². The Bertz CT molecular complexity index is 987. The molecule has 4 rings (SSSR count). The van der Waals surface area contributed by atoms with Crippen molar-refractivity contribution in [1.29, 1.82) is 0 Å². The van der Waals surface area contributed by atoms with E-state index in [1.807, 2.05) is 61.0 Å². The SMILES string of the molecule is CN(CCOc1ccccc1)c1nc(-c2ccsc2)nc2ccccc12. The summed E-state index contributed by atoms with van der Waals surface area (Å²) in [5.74, 6) is 2.57. The summed E-state index contributed by atoms with van der Waals surface area (Å²) in [5.41, 5.74) is 2.01. The Labute approximate surface area is 156 Å². The molecule has 0 N–H and O–H groups in total. The van der Waals surface area contributed by atoms with Crippen LogP contribution in [0.25, 0.3) is 22.3 Å².